The number of nitrogens with one attached hydrogen (secondary N) is 1. The van der Waals surface area contributed by atoms with Crippen molar-refractivity contribution < 1.29 is 32.9 Å². The van der Waals surface area contributed by atoms with E-state index in [0.29, 0.717) is 51.6 Å². The number of amides is 1. The number of aromatic nitrogens is 2. The van der Waals surface area contributed by atoms with E-state index in [2.05, 4.69) is 15.5 Å². The molecule has 2 aromatic heterocycles. The highest BCUT2D eigenvalue weighted by Gasteiger charge is 2.45. The highest BCUT2D eigenvalue weighted by atomic mass is 35.5. The second kappa shape index (κ2) is 9.70. The molecule has 11 heteroatoms. The molecule has 0 radical (unpaired) electrons. The van der Waals surface area contributed by atoms with E-state index in [4.69, 9.17) is 34.6 Å². The number of rotatable bonds is 7. The largest absolute Gasteiger partial charge is 0.492 e. The van der Waals surface area contributed by atoms with Gasteiger partial charge >= 0.3 is 6.09 Å². The van der Waals surface area contributed by atoms with E-state index in [9.17, 15) is 9.90 Å². The van der Waals surface area contributed by atoms with Crippen LogP contribution in [0, 0.1) is 0 Å². The number of benzene rings is 2. The minimum Gasteiger partial charge on any atom is -0.492 e. The van der Waals surface area contributed by atoms with Gasteiger partial charge in [0.2, 0.25) is 11.8 Å². The van der Waals surface area contributed by atoms with E-state index in [1.807, 2.05) is 19.1 Å². The first-order chi connectivity index (χ1) is 17.7. The van der Waals surface area contributed by atoms with Gasteiger partial charge in [0.1, 0.15) is 22.6 Å². The van der Waals surface area contributed by atoms with Crippen molar-refractivity contribution in [1.29, 1.82) is 0 Å². The molecule has 0 aliphatic carbocycles. The lowest BCUT2D eigenvalue weighted by molar-refractivity contribution is -0.274. The molecule has 1 aliphatic heterocycles. The average Bonchev–Trinajstić information content (AvgIpc) is 3.52. The number of carbonyl (C=O) groups is 1. The van der Waals surface area contributed by atoms with E-state index < -0.39 is 17.4 Å². The lowest BCUT2D eigenvalue weighted by atomic mass is 9.96. The lowest BCUT2D eigenvalue weighted by Crippen LogP contribution is -2.58. The molecule has 10 nitrogen and oxygen atoms in total. The molecule has 1 amide bonds. The summed E-state index contributed by atoms with van der Waals surface area (Å²) in [6, 6.07) is 12.4. The van der Waals surface area contributed by atoms with Crippen molar-refractivity contribution in [2.24, 2.45) is 0 Å². The van der Waals surface area contributed by atoms with Crippen LogP contribution in [-0.4, -0.2) is 47.0 Å². The monoisotopic (exact) mass is 527 g/mol. The molecule has 2 N–H and O–H groups in total. The number of nitrogens with zero attached hydrogens (tertiary/aromatic N) is 2. The molecule has 0 saturated carbocycles. The van der Waals surface area contributed by atoms with E-state index >= 15 is 0 Å². The predicted molar refractivity (Wildman–Crippen MR) is 135 cm³/mol. The number of carboxylic acid groups (broad SMARTS) is 1. The first kappa shape index (κ1) is 25.1. The molecule has 3 heterocycles. The summed E-state index contributed by atoms with van der Waals surface area (Å²) in [4.78, 5) is 11.6. The van der Waals surface area contributed by atoms with Crippen LogP contribution in [0.4, 0.5) is 4.79 Å². The van der Waals surface area contributed by atoms with Crippen molar-refractivity contribution >= 4 is 28.7 Å². The molecular weight excluding hydrogens is 502 g/mol. The molecule has 1 fully saturated rings. The second-order valence-electron chi connectivity index (χ2n) is 9.26. The maximum Gasteiger partial charge on any atom is 0.405 e. The molecule has 5 rings (SSSR count). The van der Waals surface area contributed by atoms with Crippen LogP contribution < -0.4 is 10.1 Å². The van der Waals surface area contributed by atoms with Crippen molar-refractivity contribution in [1.82, 2.24) is 15.5 Å². The average molecular weight is 528 g/mol. The minimum absolute atomic E-state index is 0.0524. The summed E-state index contributed by atoms with van der Waals surface area (Å²) in [6.07, 6.45) is -0.332. The Morgan fingerprint density at radius 1 is 1.05 bits per heavy atom. The van der Waals surface area contributed by atoms with E-state index in [-0.39, 0.29) is 13.2 Å². The minimum atomic E-state index is -1.21. The van der Waals surface area contributed by atoms with E-state index in [0.717, 1.165) is 11.8 Å². The molecule has 0 bridgehead atoms. The molecule has 37 heavy (non-hydrogen) atoms. The van der Waals surface area contributed by atoms with Crippen LogP contribution in [0.5, 0.6) is 5.75 Å². The Hall–Kier alpha value is -3.60. The number of ether oxygens (including phenoxy) is 3. The first-order valence-corrected chi connectivity index (χ1v) is 12.2. The SMILES string of the molecule is CCCOc1ccc(-c2nnc(-c3ccc4oc(C5(NC(=O)O)COC(C)(C)OC5)cc4c3)o2)cc1Cl. The Bertz CT molecular complexity index is 1440. The highest BCUT2D eigenvalue weighted by Crippen LogP contribution is 2.36. The zero-order chi connectivity index (χ0) is 26.2. The van der Waals surface area contributed by atoms with Crippen molar-refractivity contribution in [3.63, 3.8) is 0 Å². The molecule has 2 aromatic carbocycles. The van der Waals surface area contributed by atoms with Crippen LogP contribution in [0.3, 0.4) is 0 Å². The summed E-state index contributed by atoms with van der Waals surface area (Å²) in [5.41, 5.74) is 0.709. The lowest BCUT2D eigenvalue weighted by Gasteiger charge is -2.41. The van der Waals surface area contributed by atoms with Gasteiger partial charge in [0, 0.05) is 16.5 Å². The fourth-order valence-corrected chi connectivity index (χ4v) is 4.22. The molecule has 0 unspecified atom stereocenters. The summed E-state index contributed by atoms with van der Waals surface area (Å²) >= 11 is 6.34. The van der Waals surface area contributed by atoms with Crippen LogP contribution in [-0.2, 0) is 15.0 Å². The van der Waals surface area contributed by atoms with E-state index in [1.54, 1.807) is 44.2 Å². The standard InChI is InChI=1S/C26H26ClN3O7/c1-4-9-33-20-8-6-16(11-18(20)27)23-30-29-22(37-23)15-5-7-19-17(10-15)12-21(36-19)26(28-24(31)32)13-34-25(2,3)35-14-26/h5-8,10-12,28H,4,9,13-14H2,1-3H3,(H,31,32). The Morgan fingerprint density at radius 2 is 1.73 bits per heavy atom. The quantitative estimate of drug-likeness (QED) is 0.304. The Kier molecular flexibility index (Phi) is 6.57. The van der Waals surface area contributed by atoms with E-state index in [1.165, 1.54) is 0 Å². The summed E-state index contributed by atoms with van der Waals surface area (Å²) in [5, 5.41) is 21.5. The van der Waals surface area contributed by atoms with Gasteiger partial charge in [0.25, 0.3) is 0 Å². The zero-order valence-corrected chi connectivity index (χ0v) is 21.3. The molecule has 1 aliphatic rings. The van der Waals surface area contributed by atoms with Crippen molar-refractivity contribution in [3.05, 3.63) is 53.2 Å². The van der Waals surface area contributed by atoms with Crippen molar-refractivity contribution in [2.75, 3.05) is 19.8 Å². The van der Waals surface area contributed by atoms with Gasteiger partial charge in [0.15, 0.2) is 5.79 Å². The second-order valence-corrected chi connectivity index (χ2v) is 9.67. The number of hydrogen-bond donors (Lipinski definition) is 2. The summed E-state index contributed by atoms with van der Waals surface area (Å²) < 4.78 is 29.0. The third-order valence-corrected chi connectivity index (χ3v) is 6.27. The van der Waals surface area contributed by atoms with Crippen molar-refractivity contribution in [2.45, 2.75) is 38.5 Å². The number of fused-ring (bicyclic) bond motifs is 1. The van der Waals surface area contributed by atoms with Gasteiger partial charge in [-0.15, -0.1) is 10.2 Å². The molecule has 4 aromatic rings. The third-order valence-electron chi connectivity index (χ3n) is 5.98. The smallest absolute Gasteiger partial charge is 0.405 e. The Balaban J connectivity index is 1.42. The highest BCUT2D eigenvalue weighted by molar-refractivity contribution is 6.32. The molecule has 0 atom stereocenters. The van der Waals surface area contributed by atoms with Crippen LogP contribution in [0.15, 0.2) is 51.3 Å². The van der Waals surface area contributed by atoms with Gasteiger partial charge in [-0.2, -0.15) is 0 Å². The normalized spacial score (nSPS) is 16.5. The fraction of sp³-hybridized carbons (Fsp3) is 0.346. The summed E-state index contributed by atoms with van der Waals surface area (Å²) in [7, 11) is 0. The zero-order valence-electron chi connectivity index (χ0n) is 20.5. The Morgan fingerprint density at radius 3 is 2.38 bits per heavy atom. The van der Waals surface area contributed by atoms with Gasteiger partial charge in [-0.25, -0.2) is 4.79 Å². The maximum atomic E-state index is 11.6. The van der Waals surface area contributed by atoms with Crippen LogP contribution in [0.25, 0.3) is 33.9 Å². The van der Waals surface area contributed by atoms with Gasteiger partial charge in [-0.05, 0) is 62.7 Å². The molecule has 1 saturated heterocycles. The van der Waals surface area contributed by atoms with Gasteiger partial charge in [-0.1, -0.05) is 18.5 Å². The molecular formula is C26H26ClN3O7. The summed E-state index contributed by atoms with van der Waals surface area (Å²) in [6.45, 7) is 6.24. The maximum absolute atomic E-state index is 11.6. The van der Waals surface area contributed by atoms with Crippen LogP contribution >= 0.6 is 11.6 Å². The summed E-state index contributed by atoms with van der Waals surface area (Å²) in [5.74, 6) is 0.776. The predicted octanol–water partition coefficient (Wildman–Crippen LogP) is 5.84. The number of furan rings is 1. The van der Waals surface area contributed by atoms with Gasteiger partial charge in [0.05, 0.1) is 24.8 Å². The molecule has 194 valence electrons. The van der Waals surface area contributed by atoms with Gasteiger partial charge < -0.3 is 33.5 Å². The molecule has 0 spiro atoms. The number of halogens is 1. The Labute approximate surface area is 217 Å². The van der Waals surface area contributed by atoms with Crippen LogP contribution in [0.1, 0.15) is 33.0 Å². The van der Waals surface area contributed by atoms with Gasteiger partial charge in [-0.3, -0.25) is 0 Å². The topological polar surface area (TPSA) is 129 Å². The van der Waals surface area contributed by atoms with Crippen LogP contribution in [0.2, 0.25) is 5.02 Å². The first-order valence-electron chi connectivity index (χ1n) is 11.8. The number of hydrogen-bond acceptors (Lipinski definition) is 8. The third kappa shape index (κ3) is 5.13. The fourth-order valence-electron chi connectivity index (χ4n) is 3.99. The van der Waals surface area contributed by atoms with Crippen molar-refractivity contribution in [3.8, 4) is 28.7 Å².